The van der Waals surface area contributed by atoms with E-state index >= 15 is 0 Å². The summed E-state index contributed by atoms with van der Waals surface area (Å²) in [5.41, 5.74) is 2.88. The molecule has 0 bridgehead atoms. The Morgan fingerprint density at radius 3 is 1.30 bits per heavy atom. The largest absolute Gasteiger partial charge is 0.0616 e. The van der Waals surface area contributed by atoms with Gasteiger partial charge in [0, 0.05) is 8.95 Å². The van der Waals surface area contributed by atoms with Crippen molar-refractivity contribution in [2.75, 3.05) is 0 Å². The number of hydrogen-bond acceptors (Lipinski definition) is 0. The first-order valence-electron chi connectivity index (χ1n) is 11.4. The number of aryl methyl sites for hydroxylation is 2. The lowest BCUT2D eigenvalue weighted by molar-refractivity contribution is 0.831. The molecule has 0 saturated heterocycles. The number of rotatable bonds is 4. The molecule has 0 nitrogen and oxygen atoms in total. The Morgan fingerprint density at radius 2 is 0.848 bits per heavy atom. The van der Waals surface area contributed by atoms with Gasteiger partial charge in [-0.25, -0.2) is 0 Å². The second-order valence-corrected chi connectivity index (χ2v) is 10.6. The van der Waals surface area contributed by atoms with Gasteiger partial charge in [0.2, 0.25) is 0 Å². The van der Waals surface area contributed by atoms with Crippen molar-refractivity contribution in [2.45, 2.75) is 19.3 Å². The summed E-state index contributed by atoms with van der Waals surface area (Å²) < 4.78 is 2.26. The zero-order chi connectivity index (χ0) is 22.4. The fourth-order valence-corrected chi connectivity index (χ4v) is 5.91. The Kier molecular flexibility index (Phi) is 5.44. The molecular formula is C31H22Br2. The molecule has 0 aliphatic rings. The number of hydrogen-bond donors (Lipinski definition) is 0. The Hall–Kier alpha value is -2.68. The van der Waals surface area contributed by atoms with Crippen LogP contribution >= 0.6 is 31.9 Å². The molecule has 0 aliphatic carbocycles. The average molecular weight is 554 g/mol. The standard InChI is InChI=1S/C31H22Br2/c32-24-14-12-22-16-20(26-8-1-3-10-28(26)30(22)18-24)6-5-7-21-17-23-13-15-25(33)19-31(23)29-11-4-2-9-27(21)29/h1-4,8-19H,5-7H2. The van der Waals surface area contributed by atoms with Crippen LogP contribution in [0.4, 0.5) is 0 Å². The van der Waals surface area contributed by atoms with E-state index in [2.05, 4.69) is 129 Å². The van der Waals surface area contributed by atoms with Crippen LogP contribution in [0.2, 0.25) is 0 Å². The zero-order valence-electron chi connectivity index (χ0n) is 18.1. The van der Waals surface area contributed by atoms with Crippen LogP contribution in [-0.2, 0) is 12.8 Å². The lowest BCUT2D eigenvalue weighted by Crippen LogP contribution is -1.94. The molecule has 0 N–H and O–H groups in total. The quantitative estimate of drug-likeness (QED) is 0.190. The van der Waals surface area contributed by atoms with E-state index in [1.807, 2.05) is 0 Å². The molecule has 0 unspecified atom stereocenters. The van der Waals surface area contributed by atoms with Crippen LogP contribution in [0.1, 0.15) is 17.5 Å². The molecule has 0 aliphatic heterocycles. The first-order valence-corrected chi connectivity index (χ1v) is 13.0. The first kappa shape index (κ1) is 20.9. The van der Waals surface area contributed by atoms with Crippen molar-refractivity contribution in [1.82, 2.24) is 0 Å². The number of fused-ring (bicyclic) bond motifs is 6. The SMILES string of the molecule is Brc1ccc2cc(CCCc3cc4ccc(Br)cc4c4ccccc34)c3ccccc3c2c1. The van der Waals surface area contributed by atoms with E-state index < -0.39 is 0 Å². The molecular weight excluding hydrogens is 532 g/mol. The van der Waals surface area contributed by atoms with Crippen molar-refractivity contribution in [3.05, 3.63) is 117 Å². The molecule has 2 heteroatoms. The molecule has 33 heavy (non-hydrogen) atoms. The molecule has 0 fully saturated rings. The highest BCUT2D eigenvalue weighted by molar-refractivity contribution is 9.10. The van der Waals surface area contributed by atoms with Gasteiger partial charge in [-0.15, -0.1) is 0 Å². The van der Waals surface area contributed by atoms with Gasteiger partial charge < -0.3 is 0 Å². The van der Waals surface area contributed by atoms with E-state index in [1.165, 1.54) is 54.2 Å². The Morgan fingerprint density at radius 1 is 0.424 bits per heavy atom. The smallest absolute Gasteiger partial charge is 0.0181 e. The van der Waals surface area contributed by atoms with Crippen molar-refractivity contribution in [2.24, 2.45) is 0 Å². The summed E-state index contributed by atoms with van der Waals surface area (Å²) in [6, 6.07) is 35.6. The predicted molar refractivity (Wildman–Crippen MR) is 150 cm³/mol. The summed E-state index contributed by atoms with van der Waals surface area (Å²) >= 11 is 7.29. The predicted octanol–water partition coefficient (Wildman–Crippen LogP) is 10.00. The van der Waals surface area contributed by atoms with Gasteiger partial charge >= 0.3 is 0 Å². The minimum Gasteiger partial charge on any atom is -0.0616 e. The van der Waals surface area contributed by atoms with E-state index in [-0.39, 0.29) is 0 Å². The van der Waals surface area contributed by atoms with Crippen LogP contribution in [0.25, 0.3) is 43.1 Å². The van der Waals surface area contributed by atoms with Gasteiger partial charge in [-0.3, -0.25) is 0 Å². The average Bonchev–Trinajstić information content (AvgIpc) is 2.84. The highest BCUT2D eigenvalue weighted by Crippen LogP contribution is 2.34. The maximum absolute atomic E-state index is 3.64. The van der Waals surface area contributed by atoms with Crippen LogP contribution in [0.5, 0.6) is 0 Å². The molecule has 0 heterocycles. The Bertz CT molecular complexity index is 1540. The highest BCUT2D eigenvalue weighted by Gasteiger charge is 2.10. The van der Waals surface area contributed by atoms with Gasteiger partial charge in [-0.1, -0.05) is 105 Å². The van der Waals surface area contributed by atoms with Crippen molar-refractivity contribution < 1.29 is 0 Å². The van der Waals surface area contributed by atoms with Crippen molar-refractivity contribution >= 4 is 74.9 Å². The number of benzene rings is 6. The Labute approximate surface area is 210 Å². The van der Waals surface area contributed by atoms with Crippen LogP contribution in [0.3, 0.4) is 0 Å². The lowest BCUT2D eigenvalue weighted by atomic mass is 9.92. The number of halogens is 2. The second-order valence-electron chi connectivity index (χ2n) is 8.75. The minimum absolute atomic E-state index is 1.07. The summed E-state index contributed by atoms with van der Waals surface area (Å²) in [7, 11) is 0. The third-order valence-electron chi connectivity index (χ3n) is 6.71. The van der Waals surface area contributed by atoms with E-state index in [0.717, 1.165) is 28.2 Å². The zero-order valence-corrected chi connectivity index (χ0v) is 21.3. The van der Waals surface area contributed by atoms with Gasteiger partial charge in [0.1, 0.15) is 0 Å². The molecule has 0 atom stereocenters. The van der Waals surface area contributed by atoms with Crippen LogP contribution < -0.4 is 0 Å². The molecule has 0 radical (unpaired) electrons. The molecule has 0 amide bonds. The van der Waals surface area contributed by atoms with Crippen molar-refractivity contribution in [3.63, 3.8) is 0 Å². The summed E-state index contributed by atoms with van der Waals surface area (Å²) in [4.78, 5) is 0. The molecule has 6 aromatic carbocycles. The van der Waals surface area contributed by atoms with E-state index in [9.17, 15) is 0 Å². The third-order valence-corrected chi connectivity index (χ3v) is 7.70. The summed E-state index contributed by atoms with van der Waals surface area (Å²) in [5.74, 6) is 0. The second kappa shape index (κ2) is 8.59. The summed E-state index contributed by atoms with van der Waals surface area (Å²) in [6.45, 7) is 0. The highest BCUT2D eigenvalue weighted by atomic mass is 79.9. The maximum Gasteiger partial charge on any atom is 0.0181 e. The van der Waals surface area contributed by atoms with Crippen LogP contribution in [-0.4, -0.2) is 0 Å². The van der Waals surface area contributed by atoms with E-state index in [1.54, 1.807) is 0 Å². The topological polar surface area (TPSA) is 0 Å². The van der Waals surface area contributed by atoms with E-state index in [0.29, 0.717) is 0 Å². The minimum atomic E-state index is 1.07. The van der Waals surface area contributed by atoms with Gasteiger partial charge in [0.15, 0.2) is 0 Å². The molecule has 0 saturated carbocycles. The van der Waals surface area contributed by atoms with E-state index in [4.69, 9.17) is 0 Å². The molecule has 6 aromatic rings. The molecule has 0 spiro atoms. The summed E-state index contributed by atoms with van der Waals surface area (Å²) in [5, 5.41) is 10.7. The molecule has 0 aromatic heterocycles. The summed E-state index contributed by atoms with van der Waals surface area (Å²) in [6.07, 6.45) is 3.26. The first-order chi connectivity index (χ1) is 16.2. The third kappa shape index (κ3) is 3.86. The van der Waals surface area contributed by atoms with Gasteiger partial charge in [0.25, 0.3) is 0 Å². The van der Waals surface area contributed by atoms with Gasteiger partial charge in [-0.05, 0) is 97.7 Å². The van der Waals surface area contributed by atoms with Crippen LogP contribution in [0.15, 0.2) is 106 Å². The fraction of sp³-hybridized carbons (Fsp3) is 0.0968. The fourth-order valence-electron chi connectivity index (χ4n) is 5.19. The lowest BCUT2D eigenvalue weighted by Gasteiger charge is -2.13. The van der Waals surface area contributed by atoms with Gasteiger partial charge in [-0.2, -0.15) is 0 Å². The Balaban J connectivity index is 1.37. The van der Waals surface area contributed by atoms with Crippen molar-refractivity contribution in [3.8, 4) is 0 Å². The molecule has 160 valence electrons. The maximum atomic E-state index is 3.64. The molecule has 6 rings (SSSR count). The van der Waals surface area contributed by atoms with Gasteiger partial charge in [0.05, 0.1) is 0 Å². The monoisotopic (exact) mass is 552 g/mol. The normalized spacial score (nSPS) is 11.7. The van der Waals surface area contributed by atoms with Crippen LogP contribution in [0, 0.1) is 0 Å². The van der Waals surface area contributed by atoms with Crippen molar-refractivity contribution in [1.29, 1.82) is 0 Å².